The molecule has 1 amide bonds. The summed E-state index contributed by atoms with van der Waals surface area (Å²) in [6.45, 7) is 6.99. The average molecular weight is 254 g/mol. The van der Waals surface area contributed by atoms with E-state index in [1.807, 2.05) is 0 Å². The number of rotatable bonds is 5. The third-order valence-corrected chi connectivity index (χ3v) is 3.59. The number of carbonyl (C=O) groups is 2. The Bertz CT molecular complexity index is 350. The summed E-state index contributed by atoms with van der Waals surface area (Å²) in [6.07, 6.45) is 3.05. The fourth-order valence-corrected chi connectivity index (χ4v) is 2.24. The highest BCUT2D eigenvalue weighted by Gasteiger charge is 2.33. The van der Waals surface area contributed by atoms with E-state index in [-0.39, 0.29) is 11.3 Å². The molecule has 1 aliphatic rings. The number of carboxylic acid groups (broad SMARTS) is 1. The molecule has 0 aromatic rings. The Morgan fingerprint density at radius 1 is 1.44 bits per heavy atom. The molecule has 1 rings (SSSR count). The molecule has 1 heterocycles. The molecule has 0 aromatic carbocycles. The minimum absolute atomic E-state index is 0.0253. The number of amides is 1. The lowest BCUT2D eigenvalue weighted by molar-refractivity contribution is -0.131. The van der Waals surface area contributed by atoms with Gasteiger partial charge in [0.15, 0.2) is 0 Å². The van der Waals surface area contributed by atoms with Gasteiger partial charge < -0.3 is 15.3 Å². The summed E-state index contributed by atoms with van der Waals surface area (Å²) in [6, 6.07) is 0. The number of nitrogens with zero attached hydrogens (tertiary/aromatic N) is 1. The van der Waals surface area contributed by atoms with Crippen LogP contribution in [-0.2, 0) is 9.59 Å². The molecule has 0 bridgehead atoms. The molecular weight excluding hydrogens is 232 g/mol. The fraction of sp³-hybridized carbons (Fsp3) is 0.692. The summed E-state index contributed by atoms with van der Waals surface area (Å²) in [5.41, 5.74) is 0.0253. The molecule has 0 aromatic heterocycles. The summed E-state index contributed by atoms with van der Waals surface area (Å²) < 4.78 is 0. The van der Waals surface area contributed by atoms with Crippen LogP contribution in [0.2, 0.25) is 0 Å². The number of hydrogen-bond acceptors (Lipinski definition) is 3. The monoisotopic (exact) mass is 254 g/mol. The molecule has 18 heavy (non-hydrogen) atoms. The smallest absolute Gasteiger partial charge is 0.328 e. The Labute approximate surface area is 108 Å². The number of likely N-dealkylation sites (tertiary alicyclic amines) is 1. The molecule has 0 radical (unpaired) electrons. The first-order valence-corrected chi connectivity index (χ1v) is 6.18. The molecule has 1 unspecified atom stereocenters. The van der Waals surface area contributed by atoms with E-state index in [0.717, 1.165) is 31.7 Å². The second-order valence-electron chi connectivity index (χ2n) is 5.63. The van der Waals surface area contributed by atoms with Crippen molar-refractivity contribution in [2.75, 3.05) is 26.7 Å². The van der Waals surface area contributed by atoms with Crippen molar-refractivity contribution < 1.29 is 14.7 Å². The van der Waals surface area contributed by atoms with E-state index >= 15 is 0 Å². The highest BCUT2D eigenvalue weighted by atomic mass is 16.4. The lowest BCUT2D eigenvalue weighted by Gasteiger charge is -2.31. The third kappa shape index (κ3) is 4.49. The minimum Gasteiger partial charge on any atom is -0.478 e. The number of aliphatic carboxylic acids is 1. The summed E-state index contributed by atoms with van der Waals surface area (Å²) in [7, 11) is 2.10. The van der Waals surface area contributed by atoms with Gasteiger partial charge in [-0.2, -0.15) is 0 Å². The summed E-state index contributed by atoms with van der Waals surface area (Å²) in [4.78, 5) is 24.0. The van der Waals surface area contributed by atoms with Crippen molar-refractivity contribution >= 4 is 11.9 Å². The van der Waals surface area contributed by atoms with Crippen LogP contribution in [0.1, 0.15) is 20.3 Å². The Balaban J connectivity index is 2.41. The van der Waals surface area contributed by atoms with Crippen molar-refractivity contribution in [1.82, 2.24) is 10.2 Å². The largest absolute Gasteiger partial charge is 0.478 e. The minimum atomic E-state index is -1.11. The zero-order valence-corrected chi connectivity index (χ0v) is 11.3. The summed E-state index contributed by atoms with van der Waals surface area (Å²) in [5, 5.41) is 11.2. The molecule has 1 fully saturated rings. The summed E-state index contributed by atoms with van der Waals surface area (Å²) >= 11 is 0. The fourth-order valence-electron chi connectivity index (χ4n) is 2.24. The SMILES string of the molecule is CN1CCC(C(C)(C)CNC(=O)/C=C/C(=O)O)C1. The third-order valence-electron chi connectivity index (χ3n) is 3.59. The van der Waals surface area contributed by atoms with Gasteiger partial charge in [-0.15, -0.1) is 0 Å². The molecule has 1 aliphatic heterocycles. The molecule has 2 N–H and O–H groups in total. The van der Waals surface area contributed by atoms with Gasteiger partial charge >= 0.3 is 5.97 Å². The number of carboxylic acids is 1. The van der Waals surface area contributed by atoms with Crippen LogP contribution in [0.15, 0.2) is 12.2 Å². The Morgan fingerprint density at radius 2 is 2.11 bits per heavy atom. The van der Waals surface area contributed by atoms with Crippen LogP contribution >= 0.6 is 0 Å². The molecule has 1 atom stereocenters. The van der Waals surface area contributed by atoms with Gasteiger partial charge in [-0.1, -0.05) is 13.8 Å². The maximum Gasteiger partial charge on any atom is 0.328 e. The van der Waals surface area contributed by atoms with Gasteiger partial charge in [0.05, 0.1) is 0 Å². The second-order valence-corrected chi connectivity index (χ2v) is 5.63. The lowest BCUT2D eigenvalue weighted by Crippen LogP contribution is -2.39. The highest BCUT2D eigenvalue weighted by molar-refractivity contribution is 5.93. The van der Waals surface area contributed by atoms with Gasteiger partial charge in [0.2, 0.25) is 5.91 Å². The standard InChI is InChI=1S/C13H22N2O3/c1-13(2,10-6-7-15(3)8-10)9-14-11(16)4-5-12(17)18/h4-5,10H,6-9H2,1-3H3,(H,14,16)(H,17,18)/b5-4+. The maximum absolute atomic E-state index is 11.4. The van der Waals surface area contributed by atoms with Crippen molar-refractivity contribution in [3.8, 4) is 0 Å². The first-order chi connectivity index (χ1) is 8.31. The van der Waals surface area contributed by atoms with Crippen LogP contribution in [-0.4, -0.2) is 48.6 Å². The van der Waals surface area contributed by atoms with E-state index in [2.05, 4.69) is 31.1 Å². The number of hydrogen-bond donors (Lipinski definition) is 2. The van der Waals surface area contributed by atoms with Crippen LogP contribution in [0.5, 0.6) is 0 Å². The van der Waals surface area contributed by atoms with Gasteiger partial charge in [0.25, 0.3) is 0 Å². The molecule has 1 saturated heterocycles. The van der Waals surface area contributed by atoms with Crippen molar-refractivity contribution in [3.05, 3.63) is 12.2 Å². The van der Waals surface area contributed by atoms with Crippen LogP contribution in [0.3, 0.4) is 0 Å². The Hall–Kier alpha value is -1.36. The molecule has 5 heteroatoms. The normalized spacial score (nSPS) is 21.4. The molecule has 0 saturated carbocycles. The van der Waals surface area contributed by atoms with Gasteiger partial charge in [0, 0.05) is 25.2 Å². The van der Waals surface area contributed by atoms with Gasteiger partial charge in [0.1, 0.15) is 0 Å². The molecular formula is C13H22N2O3. The van der Waals surface area contributed by atoms with E-state index in [0.29, 0.717) is 12.5 Å². The topological polar surface area (TPSA) is 69.6 Å². The van der Waals surface area contributed by atoms with Gasteiger partial charge in [-0.3, -0.25) is 4.79 Å². The van der Waals surface area contributed by atoms with Crippen LogP contribution in [0.4, 0.5) is 0 Å². The summed E-state index contributed by atoms with van der Waals surface area (Å²) in [5.74, 6) is -0.898. The van der Waals surface area contributed by atoms with E-state index in [1.54, 1.807) is 0 Å². The molecule has 0 spiro atoms. The van der Waals surface area contributed by atoms with Crippen molar-refractivity contribution in [2.24, 2.45) is 11.3 Å². The van der Waals surface area contributed by atoms with Crippen LogP contribution in [0, 0.1) is 11.3 Å². The first-order valence-electron chi connectivity index (χ1n) is 6.18. The second kappa shape index (κ2) is 6.00. The van der Waals surface area contributed by atoms with Gasteiger partial charge in [-0.25, -0.2) is 4.79 Å². The predicted molar refractivity (Wildman–Crippen MR) is 69.2 cm³/mol. The Morgan fingerprint density at radius 3 is 2.61 bits per heavy atom. The molecule has 0 aliphatic carbocycles. The molecule has 102 valence electrons. The van der Waals surface area contributed by atoms with Gasteiger partial charge in [-0.05, 0) is 31.3 Å². The zero-order valence-electron chi connectivity index (χ0n) is 11.3. The van der Waals surface area contributed by atoms with Crippen molar-refractivity contribution in [2.45, 2.75) is 20.3 Å². The van der Waals surface area contributed by atoms with Crippen molar-refractivity contribution in [3.63, 3.8) is 0 Å². The number of nitrogens with one attached hydrogen (secondary N) is 1. The quantitative estimate of drug-likeness (QED) is 0.709. The van der Waals surface area contributed by atoms with E-state index in [9.17, 15) is 9.59 Å². The zero-order chi connectivity index (χ0) is 13.8. The Kier molecular flexibility index (Phi) is 4.90. The van der Waals surface area contributed by atoms with E-state index in [4.69, 9.17) is 5.11 Å². The van der Waals surface area contributed by atoms with Crippen LogP contribution < -0.4 is 5.32 Å². The van der Waals surface area contributed by atoms with Crippen molar-refractivity contribution in [1.29, 1.82) is 0 Å². The molecule has 5 nitrogen and oxygen atoms in total. The number of carbonyl (C=O) groups excluding carboxylic acids is 1. The maximum atomic E-state index is 11.4. The first kappa shape index (κ1) is 14.7. The predicted octanol–water partition coefficient (Wildman–Crippen LogP) is 0.721. The van der Waals surface area contributed by atoms with E-state index < -0.39 is 5.97 Å². The average Bonchev–Trinajstić information content (AvgIpc) is 2.71. The highest BCUT2D eigenvalue weighted by Crippen LogP contribution is 2.33. The van der Waals surface area contributed by atoms with Crippen LogP contribution in [0.25, 0.3) is 0 Å². The van der Waals surface area contributed by atoms with E-state index in [1.165, 1.54) is 0 Å². The lowest BCUT2D eigenvalue weighted by atomic mass is 9.78.